The molecule has 1 rings (SSSR count). The van der Waals surface area contributed by atoms with Crippen LogP contribution in [0.5, 0.6) is 0 Å². The van der Waals surface area contributed by atoms with E-state index in [1.165, 1.54) is 10.8 Å². The van der Waals surface area contributed by atoms with Gasteiger partial charge in [-0.3, -0.25) is 0 Å². The van der Waals surface area contributed by atoms with Gasteiger partial charge >= 0.3 is 5.97 Å². The summed E-state index contributed by atoms with van der Waals surface area (Å²) in [5, 5.41) is 30.4. The van der Waals surface area contributed by atoms with Crippen molar-refractivity contribution in [1.82, 2.24) is 0 Å². The number of carboxylic acids is 1. The molecule has 3 N–H and O–H groups in total. The number of aliphatic hydroxyl groups excluding tert-OH is 2. The first-order chi connectivity index (χ1) is 6.57. The Morgan fingerprint density at radius 1 is 1.50 bits per heavy atom. The van der Waals surface area contributed by atoms with Crippen molar-refractivity contribution in [2.45, 2.75) is 12.2 Å². The van der Waals surface area contributed by atoms with Gasteiger partial charge in [-0.2, -0.15) is 11.3 Å². The van der Waals surface area contributed by atoms with Crippen molar-refractivity contribution in [2.75, 3.05) is 5.88 Å². The summed E-state index contributed by atoms with van der Waals surface area (Å²) in [7, 11) is 0. The molecule has 0 saturated heterocycles. The fourth-order valence-corrected chi connectivity index (χ4v) is 2.02. The van der Waals surface area contributed by atoms with Crippen LogP contribution in [0.2, 0.25) is 0 Å². The van der Waals surface area contributed by atoms with Crippen LogP contribution in [-0.2, 0) is 0 Å². The molecule has 2 atom stereocenters. The van der Waals surface area contributed by atoms with Gasteiger partial charge in [-0.25, -0.2) is 4.79 Å². The molecule has 0 aliphatic carbocycles. The fourth-order valence-electron chi connectivity index (χ4n) is 1.00. The lowest BCUT2D eigenvalue weighted by atomic mass is 10.0. The Bertz CT molecular complexity index is 325. The van der Waals surface area contributed by atoms with Crippen molar-refractivity contribution in [3.8, 4) is 0 Å². The molecule has 14 heavy (non-hydrogen) atoms. The average molecular weight is 237 g/mol. The third-order valence-corrected chi connectivity index (χ3v) is 2.84. The Kier molecular flexibility index (Phi) is 3.88. The first-order valence-electron chi connectivity index (χ1n) is 3.79. The third-order valence-electron chi connectivity index (χ3n) is 1.76. The molecule has 0 radical (unpaired) electrons. The van der Waals surface area contributed by atoms with Crippen LogP contribution in [0, 0.1) is 0 Å². The van der Waals surface area contributed by atoms with E-state index in [0.717, 1.165) is 11.3 Å². The van der Waals surface area contributed by atoms with Gasteiger partial charge in [-0.05, 0) is 5.38 Å². The predicted molar refractivity (Wildman–Crippen MR) is 53.0 cm³/mol. The monoisotopic (exact) mass is 236 g/mol. The van der Waals surface area contributed by atoms with Crippen molar-refractivity contribution in [1.29, 1.82) is 0 Å². The maximum absolute atomic E-state index is 10.7. The van der Waals surface area contributed by atoms with E-state index in [1.54, 1.807) is 0 Å². The van der Waals surface area contributed by atoms with Crippen LogP contribution in [0.25, 0.3) is 0 Å². The second-order valence-corrected chi connectivity index (χ2v) is 3.76. The van der Waals surface area contributed by atoms with Crippen molar-refractivity contribution in [2.24, 2.45) is 0 Å². The number of rotatable bonds is 4. The molecule has 4 nitrogen and oxygen atoms in total. The Morgan fingerprint density at radius 2 is 2.14 bits per heavy atom. The lowest BCUT2D eigenvalue weighted by Crippen LogP contribution is -2.20. The normalized spacial score (nSPS) is 15.1. The van der Waals surface area contributed by atoms with E-state index in [1.807, 2.05) is 0 Å². The topological polar surface area (TPSA) is 77.8 Å². The van der Waals surface area contributed by atoms with Crippen LogP contribution >= 0.6 is 22.9 Å². The molecule has 2 unspecified atom stereocenters. The van der Waals surface area contributed by atoms with Gasteiger partial charge in [0.15, 0.2) is 0 Å². The minimum Gasteiger partial charge on any atom is -0.478 e. The van der Waals surface area contributed by atoms with Crippen LogP contribution in [-0.4, -0.2) is 33.3 Å². The molecule has 0 saturated carbocycles. The van der Waals surface area contributed by atoms with Crippen LogP contribution in [0.1, 0.15) is 22.0 Å². The van der Waals surface area contributed by atoms with Gasteiger partial charge < -0.3 is 15.3 Å². The van der Waals surface area contributed by atoms with Crippen molar-refractivity contribution >= 4 is 28.9 Å². The zero-order valence-corrected chi connectivity index (χ0v) is 8.63. The number of carbonyl (C=O) groups is 1. The minimum absolute atomic E-state index is 0.00617. The standard InChI is InChI=1S/C8H9ClO4S/c9-1-6(10)7(11)4-2-14-3-5(4)8(12)13/h2-3,6-7,10-11H,1H2,(H,12,13). The molecule has 0 aliphatic rings. The van der Waals surface area contributed by atoms with Crippen molar-refractivity contribution < 1.29 is 20.1 Å². The SMILES string of the molecule is O=C(O)c1cscc1C(O)C(O)CCl. The average Bonchev–Trinajstić information content (AvgIpc) is 2.63. The number of halogens is 1. The van der Waals surface area contributed by atoms with Gasteiger partial charge in [0.25, 0.3) is 0 Å². The maximum atomic E-state index is 10.7. The molecule has 0 bridgehead atoms. The van der Waals surface area contributed by atoms with Crippen LogP contribution in [0.4, 0.5) is 0 Å². The van der Waals surface area contributed by atoms with Gasteiger partial charge in [-0.15, -0.1) is 11.6 Å². The van der Waals surface area contributed by atoms with Crippen LogP contribution in [0.15, 0.2) is 10.8 Å². The Morgan fingerprint density at radius 3 is 2.64 bits per heavy atom. The number of alkyl halides is 1. The number of aromatic carboxylic acids is 1. The molecule has 1 aromatic heterocycles. The Balaban J connectivity index is 2.94. The lowest BCUT2D eigenvalue weighted by molar-refractivity contribution is 0.0316. The maximum Gasteiger partial charge on any atom is 0.336 e. The second kappa shape index (κ2) is 4.75. The zero-order chi connectivity index (χ0) is 10.7. The largest absolute Gasteiger partial charge is 0.478 e. The molecule has 0 fully saturated rings. The highest BCUT2D eigenvalue weighted by atomic mass is 35.5. The summed E-state index contributed by atoms with van der Waals surface area (Å²) in [6.45, 7) is 0. The number of carboxylic acid groups (broad SMARTS) is 1. The Hall–Kier alpha value is -0.620. The lowest BCUT2D eigenvalue weighted by Gasteiger charge is -2.14. The number of thiophene rings is 1. The van der Waals surface area contributed by atoms with Gasteiger partial charge in [0.05, 0.1) is 17.5 Å². The first kappa shape index (κ1) is 11.5. The smallest absolute Gasteiger partial charge is 0.336 e. The number of hydrogen-bond donors (Lipinski definition) is 3. The molecule has 1 heterocycles. The summed E-state index contributed by atoms with van der Waals surface area (Å²) in [5.41, 5.74) is 0.210. The molecule has 6 heteroatoms. The summed E-state index contributed by atoms with van der Waals surface area (Å²) >= 11 is 6.50. The number of hydrogen-bond acceptors (Lipinski definition) is 4. The van der Waals surface area contributed by atoms with E-state index in [-0.39, 0.29) is 17.0 Å². The summed E-state index contributed by atoms with van der Waals surface area (Å²) in [6.07, 6.45) is -2.39. The molecule has 0 amide bonds. The van der Waals surface area contributed by atoms with Gasteiger partial charge in [-0.1, -0.05) is 0 Å². The van der Waals surface area contributed by atoms with Gasteiger partial charge in [0.2, 0.25) is 0 Å². The van der Waals surface area contributed by atoms with E-state index >= 15 is 0 Å². The first-order valence-corrected chi connectivity index (χ1v) is 5.27. The second-order valence-electron chi connectivity index (χ2n) is 2.71. The molecule has 78 valence electrons. The van der Waals surface area contributed by atoms with E-state index in [9.17, 15) is 15.0 Å². The summed E-state index contributed by atoms with van der Waals surface area (Å²) in [5.74, 6) is -1.27. The minimum atomic E-state index is -1.25. The molecule has 0 aliphatic heterocycles. The molecule has 0 spiro atoms. The predicted octanol–water partition coefficient (Wildman–Crippen LogP) is 1.08. The summed E-state index contributed by atoms with van der Waals surface area (Å²) < 4.78 is 0. The molecule has 1 aromatic rings. The third kappa shape index (κ3) is 2.24. The van der Waals surface area contributed by atoms with E-state index in [4.69, 9.17) is 16.7 Å². The number of aliphatic hydroxyl groups is 2. The quantitative estimate of drug-likeness (QED) is 0.684. The van der Waals surface area contributed by atoms with Crippen LogP contribution < -0.4 is 0 Å². The molecule has 0 aromatic carbocycles. The molecular weight excluding hydrogens is 228 g/mol. The van der Waals surface area contributed by atoms with Gasteiger partial charge in [0, 0.05) is 10.9 Å². The van der Waals surface area contributed by atoms with E-state index in [0.29, 0.717) is 0 Å². The van der Waals surface area contributed by atoms with Crippen molar-refractivity contribution in [3.63, 3.8) is 0 Å². The Labute approximate surface area is 89.4 Å². The van der Waals surface area contributed by atoms with E-state index < -0.39 is 18.2 Å². The summed E-state index contributed by atoms with van der Waals surface area (Å²) in [4.78, 5) is 10.7. The van der Waals surface area contributed by atoms with Crippen molar-refractivity contribution in [3.05, 3.63) is 21.9 Å². The van der Waals surface area contributed by atoms with Crippen LogP contribution in [0.3, 0.4) is 0 Å². The fraction of sp³-hybridized carbons (Fsp3) is 0.375. The zero-order valence-electron chi connectivity index (χ0n) is 7.05. The highest BCUT2D eigenvalue weighted by Gasteiger charge is 2.23. The van der Waals surface area contributed by atoms with E-state index in [2.05, 4.69) is 0 Å². The summed E-state index contributed by atoms with van der Waals surface area (Å²) in [6, 6.07) is 0. The van der Waals surface area contributed by atoms with Gasteiger partial charge in [0.1, 0.15) is 6.10 Å². The molecular formula is C8H9ClO4S. The highest BCUT2D eigenvalue weighted by Crippen LogP contribution is 2.25. The highest BCUT2D eigenvalue weighted by molar-refractivity contribution is 7.08.